The first-order valence-electron chi connectivity index (χ1n) is 6.50. The van der Waals surface area contributed by atoms with Crippen molar-refractivity contribution in [2.45, 2.75) is 46.6 Å². The second-order valence-electron chi connectivity index (χ2n) is 5.65. The van der Waals surface area contributed by atoms with Crippen molar-refractivity contribution in [3.63, 3.8) is 0 Å². The molecule has 1 unspecified atom stereocenters. The zero-order valence-electron chi connectivity index (χ0n) is 11.8. The quantitative estimate of drug-likeness (QED) is 0.610. The van der Waals surface area contributed by atoms with Crippen LogP contribution in [0.5, 0.6) is 0 Å². The number of hydrogen-bond donors (Lipinski definition) is 3. The molecule has 5 nitrogen and oxygen atoms in total. The first kappa shape index (κ1) is 16.9. The van der Waals surface area contributed by atoms with Gasteiger partial charge in [-0.05, 0) is 24.7 Å². The summed E-state index contributed by atoms with van der Waals surface area (Å²) in [7, 11) is 0. The van der Waals surface area contributed by atoms with E-state index in [1.165, 1.54) is 0 Å². The number of nitrogens with two attached hydrogens (primary N) is 1. The molecule has 2 atom stereocenters. The molecule has 0 aromatic rings. The molecular formula is C13H26N2O3. The summed E-state index contributed by atoms with van der Waals surface area (Å²) in [6, 6.07) is -0.557. The number of carbonyl (C=O) groups is 2. The van der Waals surface area contributed by atoms with E-state index >= 15 is 0 Å². The Hall–Kier alpha value is -1.10. The molecule has 18 heavy (non-hydrogen) atoms. The van der Waals surface area contributed by atoms with E-state index in [4.69, 9.17) is 10.8 Å². The molecule has 0 heterocycles. The second kappa shape index (κ2) is 8.08. The lowest BCUT2D eigenvalue weighted by Gasteiger charge is -2.18. The fraction of sp³-hybridized carbons (Fsp3) is 0.846. The van der Waals surface area contributed by atoms with Crippen molar-refractivity contribution in [3.8, 4) is 0 Å². The Morgan fingerprint density at radius 2 is 1.61 bits per heavy atom. The number of carboxylic acids is 1. The van der Waals surface area contributed by atoms with Gasteiger partial charge in [0, 0.05) is 6.54 Å². The van der Waals surface area contributed by atoms with Gasteiger partial charge in [0.05, 0.1) is 12.0 Å². The van der Waals surface area contributed by atoms with Crippen LogP contribution in [-0.4, -0.2) is 29.6 Å². The highest BCUT2D eigenvalue weighted by Gasteiger charge is 2.21. The van der Waals surface area contributed by atoms with E-state index in [9.17, 15) is 9.59 Å². The number of rotatable bonds is 8. The lowest BCUT2D eigenvalue weighted by molar-refractivity contribution is -0.142. The third kappa shape index (κ3) is 7.27. The molecule has 1 amide bonds. The zero-order valence-corrected chi connectivity index (χ0v) is 11.8. The van der Waals surface area contributed by atoms with Crippen LogP contribution < -0.4 is 11.1 Å². The summed E-state index contributed by atoms with van der Waals surface area (Å²) >= 11 is 0. The van der Waals surface area contributed by atoms with Gasteiger partial charge >= 0.3 is 5.97 Å². The summed E-state index contributed by atoms with van der Waals surface area (Å²) in [5, 5.41) is 11.7. The molecule has 0 bridgehead atoms. The predicted octanol–water partition coefficient (Wildman–Crippen LogP) is 1.22. The maximum Gasteiger partial charge on any atom is 0.308 e. The highest BCUT2D eigenvalue weighted by Crippen LogP contribution is 2.11. The standard InChI is InChI=1S/C13H26N2O3/c1-8(2)5-10(13(17)18)7-15-12(16)11(14)6-9(3)4/h8-11H,5-7,14H2,1-4H3,(H,15,16)(H,17,18)/t10?,11-/m1/s1. The van der Waals surface area contributed by atoms with Crippen LogP contribution in [-0.2, 0) is 9.59 Å². The molecule has 0 aliphatic rings. The van der Waals surface area contributed by atoms with Crippen LogP contribution in [0.2, 0.25) is 0 Å². The van der Waals surface area contributed by atoms with E-state index in [-0.39, 0.29) is 18.4 Å². The van der Waals surface area contributed by atoms with Gasteiger partial charge in [0.25, 0.3) is 0 Å². The van der Waals surface area contributed by atoms with E-state index in [2.05, 4.69) is 5.32 Å². The third-order valence-corrected chi connectivity index (χ3v) is 2.69. The summed E-state index contributed by atoms with van der Waals surface area (Å²) < 4.78 is 0. The first-order chi connectivity index (χ1) is 8.23. The van der Waals surface area contributed by atoms with Crippen molar-refractivity contribution in [1.29, 1.82) is 0 Å². The van der Waals surface area contributed by atoms with Crippen molar-refractivity contribution in [3.05, 3.63) is 0 Å². The molecule has 0 aliphatic carbocycles. The Morgan fingerprint density at radius 3 is 2.00 bits per heavy atom. The van der Waals surface area contributed by atoms with E-state index in [0.717, 1.165) is 0 Å². The van der Waals surface area contributed by atoms with Crippen molar-refractivity contribution in [2.24, 2.45) is 23.5 Å². The summed E-state index contributed by atoms with van der Waals surface area (Å²) in [6.07, 6.45) is 1.16. The van der Waals surface area contributed by atoms with Crippen LogP contribution in [0.1, 0.15) is 40.5 Å². The molecule has 5 heteroatoms. The average molecular weight is 258 g/mol. The smallest absolute Gasteiger partial charge is 0.308 e. The molecule has 0 aromatic heterocycles. The van der Waals surface area contributed by atoms with E-state index in [0.29, 0.717) is 18.8 Å². The molecular weight excluding hydrogens is 232 g/mol. The fourth-order valence-electron chi connectivity index (χ4n) is 1.81. The summed E-state index contributed by atoms with van der Waals surface area (Å²) in [5.41, 5.74) is 5.72. The largest absolute Gasteiger partial charge is 0.481 e. The monoisotopic (exact) mass is 258 g/mol. The minimum atomic E-state index is -0.874. The van der Waals surface area contributed by atoms with Gasteiger partial charge in [0.2, 0.25) is 5.91 Å². The topological polar surface area (TPSA) is 92.4 Å². The van der Waals surface area contributed by atoms with Gasteiger partial charge in [0.15, 0.2) is 0 Å². The van der Waals surface area contributed by atoms with Crippen molar-refractivity contribution >= 4 is 11.9 Å². The predicted molar refractivity (Wildman–Crippen MR) is 71.0 cm³/mol. The molecule has 0 saturated heterocycles. The highest BCUT2D eigenvalue weighted by molar-refractivity contribution is 5.82. The number of carbonyl (C=O) groups excluding carboxylic acids is 1. The normalized spacial score (nSPS) is 14.6. The molecule has 0 rings (SSSR count). The number of aliphatic carboxylic acids is 1. The third-order valence-electron chi connectivity index (χ3n) is 2.69. The van der Waals surface area contributed by atoms with Gasteiger partial charge in [-0.3, -0.25) is 9.59 Å². The van der Waals surface area contributed by atoms with Gasteiger partial charge in [-0.2, -0.15) is 0 Å². The highest BCUT2D eigenvalue weighted by atomic mass is 16.4. The van der Waals surface area contributed by atoms with Crippen LogP contribution in [0.15, 0.2) is 0 Å². The van der Waals surface area contributed by atoms with Crippen molar-refractivity contribution < 1.29 is 14.7 Å². The summed E-state index contributed by atoms with van der Waals surface area (Å²) in [6.45, 7) is 8.06. The lowest BCUT2D eigenvalue weighted by atomic mass is 9.97. The van der Waals surface area contributed by atoms with Crippen LogP contribution in [0.3, 0.4) is 0 Å². The molecule has 0 aromatic carbocycles. The van der Waals surface area contributed by atoms with Crippen LogP contribution in [0.4, 0.5) is 0 Å². The van der Waals surface area contributed by atoms with Crippen LogP contribution in [0.25, 0.3) is 0 Å². The number of carboxylic acid groups (broad SMARTS) is 1. The number of hydrogen-bond acceptors (Lipinski definition) is 3. The Labute approximate surface area is 109 Å². The summed E-state index contributed by atoms with van der Waals surface area (Å²) in [4.78, 5) is 22.7. The number of nitrogens with one attached hydrogen (secondary N) is 1. The Morgan fingerprint density at radius 1 is 1.11 bits per heavy atom. The van der Waals surface area contributed by atoms with E-state index < -0.39 is 17.9 Å². The molecule has 0 aliphatic heterocycles. The Balaban J connectivity index is 4.18. The lowest BCUT2D eigenvalue weighted by Crippen LogP contribution is -2.44. The minimum absolute atomic E-state index is 0.151. The van der Waals surface area contributed by atoms with Gasteiger partial charge in [-0.25, -0.2) is 0 Å². The molecule has 106 valence electrons. The SMILES string of the molecule is CC(C)CC(CNC(=O)[C@H](N)CC(C)C)C(=O)O. The maximum atomic E-state index is 11.7. The average Bonchev–Trinajstić information content (AvgIpc) is 2.21. The fourth-order valence-corrected chi connectivity index (χ4v) is 1.81. The van der Waals surface area contributed by atoms with Crippen LogP contribution in [0, 0.1) is 17.8 Å². The van der Waals surface area contributed by atoms with E-state index in [1.807, 2.05) is 27.7 Å². The van der Waals surface area contributed by atoms with E-state index in [1.54, 1.807) is 0 Å². The molecule has 0 fully saturated rings. The van der Waals surface area contributed by atoms with Gasteiger partial charge in [0.1, 0.15) is 0 Å². The first-order valence-corrected chi connectivity index (χ1v) is 6.50. The van der Waals surface area contributed by atoms with Gasteiger partial charge in [-0.15, -0.1) is 0 Å². The Kier molecular flexibility index (Phi) is 7.59. The molecule has 0 saturated carbocycles. The molecule has 4 N–H and O–H groups in total. The van der Waals surface area contributed by atoms with Crippen molar-refractivity contribution in [2.75, 3.05) is 6.54 Å². The molecule has 0 radical (unpaired) electrons. The maximum absolute atomic E-state index is 11.7. The Bertz CT molecular complexity index is 277. The van der Waals surface area contributed by atoms with Gasteiger partial charge < -0.3 is 16.2 Å². The number of amides is 1. The second-order valence-corrected chi connectivity index (χ2v) is 5.65. The minimum Gasteiger partial charge on any atom is -0.481 e. The zero-order chi connectivity index (χ0) is 14.3. The van der Waals surface area contributed by atoms with Gasteiger partial charge in [-0.1, -0.05) is 27.7 Å². The van der Waals surface area contributed by atoms with Crippen LogP contribution >= 0.6 is 0 Å². The summed E-state index contributed by atoms with van der Waals surface area (Å²) in [5.74, 6) is -1.05. The van der Waals surface area contributed by atoms with Crippen molar-refractivity contribution in [1.82, 2.24) is 5.32 Å². The molecule has 0 spiro atoms.